The van der Waals surface area contributed by atoms with Crippen molar-refractivity contribution in [1.29, 1.82) is 0 Å². The number of carbonyl (C=O) groups excluding carboxylic acids is 8. The molecule has 17 heteroatoms. The molecule has 1 rings (SSSR count). The Hall–Kier alpha value is -3.80. The summed E-state index contributed by atoms with van der Waals surface area (Å²) in [4.78, 5) is 101. The molecule has 0 unspecified atom stereocenters. The van der Waals surface area contributed by atoms with Crippen LogP contribution >= 0.6 is 0 Å². The maximum atomic E-state index is 12.9. The van der Waals surface area contributed by atoms with Crippen LogP contribution in [0.1, 0.15) is 183 Å². The monoisotopic (exact) mass is 913 g/mol. The molecule has 0 saturated carbocycles. The zero-order chi connectivity index (χ0) is 47.6. The maximum absolute atomic E-state index is 12.9. The van der Waals surface area contributed by atoms with Crippen LogP contribution in [-0.4, -0.2) is 122 Å². The number of hydrogen-bond donors (Lipinski definition) is 1. The van der Waals surface area contributed by atoms with E-state index in [1.165, 1.54) is 44.9 Å². The topological polar surface area (TPSA) is 216 Å². The molecule has 1 heterocycles. The number of rotatable bonds is 39. The molecule has 3 amide bonds. The van der Waals surface area contributed by atoms with Crippen molar-refractivity contribution in [3.8, 4) is 0 Å². The van der Waals surface area contributed by atoms with Gasteiger partial charge < -0.3 is 38.6 Å². The van der Waals surface area contributed by atoms with Crippen molar-refractivity contribution >= 4 is 47.2 Å². The SMILES string of the molecule is CC(C)(C)OC(=O)CCCCCCCCCCCCCCCCC(=O)N[C@@H](CCC(=O)CCOCCOCC(=O)CCOCCOCC(=O)ON1C(=O)CCC1=O)C(=O)OC(C)(C)C. The normalized spacial score (nSPS) is 13.5. The van der Waals surface area contributed by atoms with Crippen molar-refractivity contribution in [3.05, 3.63) is 0 Å². The van der Waals surface area contributed by atoms with E-state index in [-0.39, 0.29) is 108 Å². The number of nitrogens with one attached hydrogen (secondary N) is 1. The summed E-state index contributed by atoms with van der Waals surface area (Å²) in [5.41, 5.74) is -1.16. The second-order valence-corrected chi connectivity index (χ2v) is 18.2. The number of hydrogen-bond acceptors (Lipinski definition) is 15. The molecule has 1 N–H and O–H groups in total. The number of ether oxygens (including phenoxy) is 6. The molecular weight excluding hydrogens is 833 g/mol. The van der Waals surface area contributed by atoms with Gasteiger partial charge in [-0.25, -0.2) is 9.59 Å². The Balaban J connectivity index is 2.08. The minimum atomic E-state index is -0.927. The van der Waals surface area contributed by atoms with E-state index >= 15 is 0 Å². The molecule has 17 nitrogen and oxygen atoms in total. The Kier molecular flexibility index (Phi) is 31.4. The second kappa shape index (κ2) is 34.5. The zero-order valence-electron chi connectivity index (χ0n) is 39.9. The lowest BCUT2D eigenvalue weighted by molar-refractivity contribution is -0.200. The third-order valence-electron chi connectivity index (χ3n) is 9.67. The molecule has 0 aliphatic carbocycles. The number of imide groups is 1. The number of ketones is 2. The van der Waals surface area contributed by atoms with E-state index in [0.29, 0.717) is 17.9 Å². The Bertz CT molecular complexity index is 1390. The van der Waals surface area contributed by atoms with Crippen LogP contribution in [0.3, 0.4) is 0 Å². The molecule has 0 aromatic rings. The van der Waals surface area contributed by atoms with Crippen molar-refractivity contribution in [2.75, 3.05) is 52.9 Å². The average molecular weight is 913 g/mol. The van der Waals surface area contributed by atoms with Gasteiger partial charge in [0.25, 0.3) is 11.8 Å². The Labute approximate surface area is 381 Å². The maximum Gasteiger partial charge on any atom is 0.358 e. The van der Waals surface area contributed by atoms with Crippen molar-refractivity contribution in [3.63, 3.8) is 0 Å². The average Bonchev–Trinajstić information content (AvgIpc) is 3.52. The molecule has 1 aliphatic heterocycles. The third kappa shape index (κ3) is 33.7. The van der Waals surface area contributed by atoms with Gasteiger partial charge in [-0.3, -0.25) is 28.8 Å². The summed E-state index contributed by atoms with van der Waals surface area (Å²) >= 11 is 0. The number of unbranched alkanes of at least 4 members (excludes halogenated alkanes) is 13. The predicted molar refractivity (Wildman–Crippen MR) is 236 cm³/mol. The highest BCUT2D eigenvalue weighted by Crippen LogP contribution is 2.17. The first kappa shape index (κ1) is 58.2. The number of Topliss-reactive ketones (excluding diaryl/α,β-unsaturated/α-hetero) is 2. The summed E-state index contributed by atoms with van der Waals surface area (Å²) in [5, 5.41) is 3.23. The molecule has 1 saturated heterocycles. The van der Waals surface area contributed by atoms with Gasteiger partial charge in [-0.05, 0) is 60.8 Å². The van der Waals surface area contributed by atoms with Crippen LogP contribution < -0.4 is 5.32 Å². The van der Waals surface area contributed by atoms with E-state index in [2.05, 4.69) is 10.2 Å². The van der Waals surface area contributed by atoms with Crippen molar-refractivity contribution in [1.82, 2.24) is 10.4 Å². The van der Waals surface area contributed by atoms with Crippen LogP contribution in [0.4, 0.5) is 0 Å². The van der Waals surface area contributed by atoms with Gasteiger partial charge in [-0.1, -0.05) is 77.0 Å². The van der Waals surface area contributed by atoms with Crippen LogP contribution in [0.2, 0.25) is 0 Å². The minimum absolute atomic E-state index is 0.00170. The molecule has 0 aromatic carbocycles. The molecule has 64 heavy (non-hydrogen) atoms. The van der Waals surface area contributed by atoms with Crippen LogP contribution in [-0.2, 0) is 71.6 Å². The summed E-state index contributed by atoms with van der Waals surface area (Å²) in [6.07, 6.45) is 16.8. The van der Waals surface area contributed by atoms with Crippen LogP contribution in [0.5, 0.6) is 0 Å². The molecule has 1 aliphatic rings. The van der Waals surface area contributed by atoms with Crippen LogP contribution in [0, 0.1) is 0 Å². The molecule has 1 fully saturated rings. The standard InChI is InChI=1S/C47H80N2O15/c1-46(2,3)62-43(55)22-20-18-16-14-12-10-8-7-9-11-13-15-17-19-21-40(52)48-39(45(57)63-47(4,5)6)24-23-37(50)27-29-58-31-33-60-35-38(51)28-30-59-32-34-61-36-44(56)64-49-41(53)25-26-42(49)54/h39H,7-36H2,1-6H3,(H,48,52)/t39-/m0/s1. The molecule has 0 aromatic heterocycles. The fraction of sp³-hybridized carbons (Fsp3) is 0.830. The van der Waals surface area contributed by atoms with Gasteiger partial charge in [0.1, 0.15) is 36.2 Å². The van der Waals surface area contributed by atoms with E-state index in [0.717, 1.165) is 44.9 Å². The Morgan fingerprint density at radius 1 is 0.500 bits per heavy atom. The highest BCUT2D eigenvalue weighted by atomic mass is 16.7. The molecular formula is C47H80N2O15. The number of hydroxylamine groups is 2. The predicted octanol–water partition coefficient (Wildman–Crippen LogP) is 6.77. The first-order valence-electron chi connectivity index (χ1n) is 23.5. The van der Waals surface area contributed by atoms with Gasteiger partial charge in [0.05, 0.1) is 39.6 Å². The number of esters is 2. The van der Waals surface area contributed by atoms with Gasteiger partial charge in [-0.2, -0.15) is 0 Å². The smallest absolute Gasteiger partial charge is 0.358 e. The summed E-state index contributed by atoms with van der Waals surface area (Å²) in [7, 11) is 0. The van der Waals surface area contributed by atoms with E-state index < -0.39 is 47.6 Å². The van der Waals surface area contributed by atoms with Crippen molar-refractivity contribution in [2.24, 2.45) is 0 Å². The Morgan fingerprint density at radius 2 is 0.938 bits per heavy atom. The lowest BCUT2D eigenvalue weighted by atomic mass is 10.0. The van der Waals surface area contributed by atoms with E-state index in [4.69, 9.17) is 28.4 Å². The van der Waals surface area contributed by atoms with Gasteiger partial charge >= 0.3 is 17.9 Å². The Morgan fingerprint density at radius 3 is 1.44 bits per heavy atom. The second-order valence-electron chi connectivity index (χ2n) is 18.2. The lowest BCUT2D eigenvalue weighted by Gasteiger charge is -2.24. The van der Waals surface area contributed by atoms with Gasteiger partial charge in [0.2, 0.25) is 5.91 Å². The molecule has 0 bridgehead atoms. The van der Waals surface area contributed by atoms with E-state index in [1.54, 1.807) is 20.8 Å². The summed E-state index contributed by atoms with van der Waals surface area (Å²) in [6.45, 7) is 11.1. The zero-order valence-corrected chi connectivity index (χ0v) is 39.9. The first-order chi connectivity index (χ1) is 30.4. The van der Waals surface area contributed by atoms with Gasteiger partial charge in [0, 0.05) is 44.9 Å². The summed E-state index contributed by atoms with van der Waals surface area (Å²) < 4.78 is 32.1. The first-order valence-corrected chi connectivity index (χ1v) is 23.5. The van der Waals surface area contributed by atoms with Crippen molar-refractivity contribution in [2.45, 2.75) is 200 Å². The van der Waals surface area contributed by atoms with Crippen LogP contribution in [0.25, 0.3) is 0 Å². The molecule has 368 valence electrons. The van der Waals surface area contributed by atoms with E-state index in [9.17, 15) is 38.4 Å². The number of amides is 3. The molecule has 0 radical (unpaired) electrons. The minimum Gasteiger partial charge on any atom is -0.460 e. The fourth-order valence-electron chi connectivity index (χ4n) is 6.40. The van der Waals surface area contributed by atoms with Crippen LogP contribution in [0.15, 0.2) is 0 Å². The molecule has 1 atom stereocenters. The van der Waals surface area contributed by atoms with Gasteiger partial charge in [-0.15, -0.1) is 5.06 Å². The largest absolute Gasteiger partial charge is 0.460 e. The summed E-state index contributed by atoms with van der Waals surface area (Å²) in [5.74, 6) is -3.25. The highest BCUT2D eigenvalue weighted by molar-refractivity contribution is 6.01. The number of nitrogens with zero attached hydrogens (tertiary/aromatic N) is 1. The molecule has 0 spiro atoms. The highest BCUT2D eigenvalue weighted by Gasteiger charge is 2.33. The quantitative estimate of drug-likeness (QED) is 0.0383. The van der Waals surface area contributed by atoms with E-state index in [1.807, 2.05) is 20.8 Å². The lowest BCUT2D eigenvalue weighted by Crippen LogP contribution is -2.44. The summed E-state index contributed by atoms with van der Waals surface area (Å²) in [6, 6.07) is -0.927. The van der Waals surface area contributed by atoms with Crippen molar-refractivity contribution < 1.29 is 71.6 Å². The third-order valence-corrected chi connectivity index (χ3v) is 9.67. The fourth-order valence-corrected chi connectivity index (χ4v) is 6.40. The number of carbonyl (C=O) groups is 8. The van der Waals surface area contributed by atoms with Gasteiger partial charge in [0.15, 0.2) is 5.78 Å².